The molecule has 6 atom stereocenters. The predicted octanol–water partition coefficient (Wildman–Crippen LogP) is 5.52. The predicted molar refractivity (Wildman–Crippen MR) is 136 cm³/mol. The molecule has 1 aromatic heterocycles. The van der Waals surface area contributed by atoms with Gasteiger partial charge in [-0.2, -0.15) is 0 Å². The molecule has 0 bridgehead atoms. The summed E-state index contributed by atoms with van der Waals surface area (Å²) in [6, 6.07) is 7.98. The number of oxime groups is 1. The van der Waals surface area contributed by atoms with Crippen molar-refractivity contribution in [2.45, 2.75) is 51.4 Å². The number of hydrogen-bond donors (Lipinski definition) is 0. The van der Waals surface area contributed by atoms with Crippen molar-refractivity contribution in [3.05, 3.63) is 71.5 Å². The average Bonchev–Trinajstić information content (AvgIpc) is 3.58. The lowest BCUT2D eigenvalue weighted by Gasteiger charge is -2.50. The van der Waals surface area contributed by atoms with Crippen LogP contribution in [0.25, 0.3) is 11.3 Å². The van der Waals surface area contributed by atoms with Gasteiger partial charge in [0.2, 0.25) is 0 Å². The summed E-state index contributed by atoms with van der Waals surface area (Å²) in [7, 11) is 3.59. The van der Waals surface area contributed by atoms with Crippen molar-refractivity contribution in [1.29, 1.82) is 0 Å². The molecule has 2 saturated carbocycles. The van der Waals surface area contributed by atoms with Crippen LogP contribution in [0.4, 0.5) is 0 Å². The van der Waals surface area contributed by atoms with Gasteiger partial charge in [0.15, 0.2) is 0 Å². The van der Waals surface area contributed by atoms with E-state index in [4.69, 9.17) is 24.1 Å². The fourth-order valence-corrected chi connectivity index (χ4v) is 6.88. The Bertz CT molecular complexity index is 1230. The number of ether oxygens (including phenoxy) is 2. The summed E-state index contributed by atoms with van der Waals surface area (Å²) in [6.45, 7) is 2.70. The van der Waals surface area contributed by atoms with Gasteiger partial charge in [0.25, 0.3) is 0 Å². The molecule has 0 radical (unpaired) electrons. The van der Waals surface area contributed by atoms with Gasteiger partial charge in [0.05, 0.1) is 24.1 Å². The lowest BCUT2D eigenvalue weighted by molar-refractivity contribution is -0.0861. The molecule has 1 heterocycles. The topological polar surface area (TPSA) is 79.0 Å². The minimum absolute atomic E-state index is 0.0537. The van der Waals surface area contributed by atoms with Crippen LogP contribution in [0.1, 0.15) is 38.2 Å². The molecule has 6 rings (SSSR count). The van der Waals surface area contributed by atoms with Gasteiger partial charge in [0, 0.05) is 36.7 Å². The second-order valence-corrected chi connectivity index (χ2v) is 10.6. The maximum Gasteiger partial charge on any atom is 0.142 e. The molecule has 1 aromatic carbocycles. The molecule has 0 amide bonds. The molecule has 188 valence electrons. The second-order valence-electron chi connectivity index (χ2n) is 10.6. The molecule has 0 saturated heterocycles. The smallest absolute Gasteiger partial charge is 0.142 e. The zero-order valence-electron chi connectivity index (χ0n) is 21.1. The normalized spacial score (nSPS) is 34.0. The first-order valence-electron chi connectivity index (χ1n) is 12.8. The van der Waals surface area contributed by atoms with Crippen LogP contribution in [0, 0.1) is 23.2 Å². The number of hydrogen-bond acceptors (Lipinski definition) is 7. The fraction of sp³-hybridized carbons (Fsp3) is 0.483. The summed E-state index contributed by atoms with van der Waals surface area (Å²) >= 11 is 0. The molecule has 3 unspecified atom stereocenters. The van der Waals surface area contributed by atoms with Crippen LogP contribution in [0.5, 0.6) is 0 Å². The van der Waals surface area contributed by atoms with Crippen LogP contribution in [0.3, 0.4) is 0 Å². The van der Waals surface area contributed by atoms with E-state index >= 15 is 0 Å². The van der Waals surface area contributed by atoms with E-state index < -0.39 is 0 Å². The van der Waals surface area contributed by atoms with E-state index in [2.05, 4.69) is 41.5 Å². The van der Waals surface area contributed by atoms with Gasteiger partial charge in [-0.25, -0.2) is 4.63 Å². The molecule has 36 heavy (non-hydrogen) atoms. The van der Waals surface area contributed by atoms with E-state index in [9.17, 15) is 0 Å². The van der Waals surface area contributed by atoms with Gasteiger partial charge >= 0.3 is 0 Å². The number of allylic oxidation sites excluding steroid dienone is 6. The Morgan fingerprint density at radius 3 is 2.75 bits per heavy atom. The van der Waals surface area contributed by atoms with Crippen molar-refractivity contribution in [3.8, 4) is 11.3 Å². The van der Waals surface area contributed by atoms with Gasteiger partial charge in [-0.3, -0.25) is 0 Å². The summed E-state index contributed by atoms with van der Waals surface area (Å²) < 4.78 is 16.6. The van der Waals surface area contributed by atoms with E-state index in [0.717, 1.165) is 29.7 Å². The van der Waals surface area contributed by atoms with Crippen molar-refractivity contribution < 1.29 is 18.9 Å². The minimum Gasteiger partial charge on any atom is -0.391 e. The Kier molecular flexibility index (Phi) is 6.13. The number of benzene rings is 1. The van der Waals surface area contributed by atoms with Gasteiger partial charge in [0.1, 0.15) is 12.3 Å². The molecular weight excluding hydrogens is 454 g/mol. The van der Waals surface area contributed by atoms with Gasteiger partial charge < -0.3 is 14.3 Å². The molecule has 0 N–H and O–H groups in total. The molecule has 2 fully saturated rings. The Labute approximate surface area is 211 Å². The van der Waals surface area contributed by atoms with Crippen molar-refractivity contribution in [3.63, 3.8) is 0 Å². The molecule has 7 heteroatoms. The first-order chi connectivity index (χ1) is 17.6. The lowest BCUT2D eigenvalue weighted by atomic mass is 9.56. The number of aromatic nitrogens is 2. The van der Waals surface area contributed by atoms with Crippen LogP contribution in [0.15, 0.2) is 75.7 Å². The SMILES string of the molecule is COC1CC2C(=NOCc3ccccc3-c3cnon3)C=C3C4=CC=C[C@@]4(C)CC[C@@H]3[C@H]2CC1OC. The van der Waals surface area contributed by atoms with Gasteiger partial charge in [-0.15, -0.1) is 0 Å². The molecule has 7 nitrogen and oxygen atoms in total. The monoisotopic (exact) mass is 487 g/mol. The van der Waals surface area contributed by atoms with Crippen molar-refractivity contribution in [2.75, 3.05) is 14.2 Å². The Hall–Kier alpha value is -3.03. The zero-order valence-corrected chi connectivity index (χ0v) is 21.1. The van der Waals surface area contributed by atoms with Crippen LogP contribution >= 0.6 is 0 Å². The van der Waals surface area contributed by atoms with E-state index in [1.54, 1.807) is 20.4 Å². The average molecular weight is 488 g/mol. The van der Waals surface area contributed by atoms with Crippen molar-refractivity contribution in [2.24, 2.45) is 28.3 Å². The highest BCUT2D eigenvalue weighted by Gasteiger charge is 2.50. The third-order valence-electron chi connectivity index (χ3n) is 8.80. The summed E-state index contributed by atoms with van der Waals surface area (Å²) in [4.78, 5) is 6.04. The molecule has 2 aromatic rings. The van der Waals surface area contributed by atoms with E-state index in [1.165, 1.54) is 24.0 Å². The van der Waals surface area contributed by atoms with E-state index in [-0.39, 0.29) is 23.5 Å². The zero-order chi connectivity index (χ0) is 24.7. The Morgan fingerprint density at radius 1 is 1.11 bits per heavy atom. The molecule has 0 aliphatic heterocycles. The quantitative estimate of drug-likeness (QED) is 0.500. The number of fused-ring (bicyclic) bond motifs is 5. The fourth-order valence-electron chi connectivity index (χ4n) is 6.88. The number of methoxy groups -OCH3 is 2. The third-order valence-corrected chi connectivity index (χ3v) is 8.80. The first-order valence-corrected chi connectivity index (χ1v) is 12.8. The molecule has 0 spiro atoms. The maximum absolute atomic E-state index is 6.04. The lowest BCUT2D eigenvalue weighted by Crippen LogP contribution is -2.49. The highest BCUT2D eigenvalue weighted by atomic mass is 16.6. The maximum atomic E-state index is 6.04. The number of rotatable bonds is 6. The van der Waals surface area contributed by atoms with Gasteiger partial charge in [-0.1, -0.05) is 59.7 Å². The highest BCUT2D eigenvalue weighted by molar-refractivity contribution is 5.99. The van der Waals surface area contributed by atoms with Crippen molar-refractivity contribution >= 4 is 5.71 Å². The van der Waals surface area contributed by atoms with Crippen LogP contribution in [-0.4, -0.2) is 42.5 Å². The molecule has 4 aliphatic carbocycles. The van der Waals surface area contributed by atoms with Crippen LogP contribution < -0.4 is 0 Å². The summed E-state index contributed by atoms with van der Waals surface area (Å²) in [6.07, 6.45) is 15.2. The minimum atomic E-state index is 0.0537. The second kappa shape index (κ2) is 9.45. The summed E-state index contributed by atoms with van der Waals surface area (Å²) in [5.41, 5.74) is 6.61. The van der Waals surface area contributed by atoms with E-state index in [1.807, 2.05) is 24.3 Å². The molecule has 4 aliphatic rings. The first kappa shape index (κ1) is 23.4. The molecular formula is C29H33N3O4. The summed E-state index contributed by atoms with van der Waals surface area (Å²) in [5, 5.41) is 12.5. The van der Waals surface area contributed by atoms with Crippen LogP contribution in [-0.2, 0) is 20.9 Å². The Balaban J connectivity index is 1.32. The van der Waals surface area contributed by atoms with E-state index in [0.29, 0.717) is 24.1 Å². The highest BCUT2D eigenvalue weighted by Crippen LogP contribution is 2.56. The van der Waals surface area contributed by atoms with Crippen molar-refractivity contribution in [1.82, 2.24) is 10.3 Å². The summed E-state index contributed by atoms with van der Waals surface area (Å²) in [5.74, 6) is 1.26. The standard InChI is InChI=1S/C29H33N3O4/c1-29-11-6-9-24(29)22-13-25(23-15-28(34-3)27(33-2)14-21(23)20(22)10-12-29)31-35-17-18-7-4-5-8-19(18)26-16-30-36-32-26/h4-9,11,13,16,20-21,23,27-28H,10,12,14-15,17H2,1-3H3/t20-,21-,23?,27?,28?,29+/m1/s1. The number of nitrogens with zero attached hydrogens (tertiary/aromatic N) is 3. The Morgan fingerprint density at radius 2 is 1.94 bits per heavy atom. The van der Waals surface area contributed by atoms with Gasteiger partial charge in [-0.05, 0) is 59.9 Å². The largest absolute Gasteiger partial charge is 0.391 e. The van der Waals surface area contributed by atoms with Crippen LogP contribution in [0.2, 0.25) is 0 Å². The third kappa shape index (κ3) is 3.95.